The molecule has 0 spiro atoms. The van der Waals surface area contributed by atoms with Gasteiger partial charge in [-0.25, -0.2) is 0 Å². The zero-order valence-corrected chi connectivity index (χ0v) is 11.5. The SMILES string of the molecule is CCN(CCC(C)(C)C(=O)O)C1CCCCC1. The van der Waals surface area contributed by atoms with E-state index in [1.54, 1.807) is 0 Å². The van der Waals surface area contributed by atoms with Crippen molar-refractivity contribution in [3.8, 4) is 0 Å². The Kier molecular flexibility index (Phi) is 5.44. The summed E-state index contributed by atoms with van der Waals surface area (Å²) in [7, 11) is 0. The van der Waals surface area contributed by atoms with Crippen LogP contribution in [-0.2, 0) is 4.79 Å². The smallest absolute Gasteiger partial charge is 0.309 e. The number of rotatable bonds is 6. The molecular formula is C14H27NO2. The lowest BCUT2D eigenvalue weighted by Crippen LogP contribution is -2.39. The van der Waals surface area contributed by atoms with Crippen molar-refractivity contribution < 1.29 is 9.90 Å². The lowest BCUT2D eigenvalue weighted by atomic mass is 9.88. The normalized spacial score (nSPS) is 18.6. The van der Waals surface area contributed by atoms with Gasteiger partial charge in [-0.1, -0.05) is 26.2 Å². The molecule has 3 heteroatoms. The topological polar surface area (TPSA) is 40.5 Å². The maximum Gasteiger partial charge on any atom is 0.309 e. The minimum atomic E-state index is -0.683. The molecule has 0 saturated heterocycles. The Morgan fingerprint density at radius 3 is 2.35 bits per heavy atom. The first kappa shape index (κ1) is 14.5. The van der Waals surface area contributed by atoms with E-state index in [2.05, 4.69) is 11.8 Å². The second-order valence-corrected chi connectivity index (χ2v) is 5.86. The molecule has 0 unspecified atom stereocenters. The number of carboxylic acids is 1. The molecule has 0 heterocycles. The van der Waals surface area contributed by atoms with Gasteiger partial charge < -0.3 is 10.0 Å². The van der Waals surface area contributed by atoms with Crippen LogP contribution in [0.1, 0.15) is 59.3 Å². The van der Waals surface area contributed by atoms with Crippen LogP contribution in [0.4, 0.5) is 0 Å². The second-order valence-electron chi connectivity index (χ2n) is 5.86. The van der Waals surface area contributed by atoms with Crippen LogP contribution in [0.3, 0.4) is 0 Å². The number of carboxylic acid groups (broad SMARTS) is 1. The van der Waals surface area contributed by atoms with Gasteiger partial charge in [0.15, 0.2) is 0 Å². The van der Waals surface area contributed by atoms with Crippen molar-refractivity contribution in [1.29, 1.82) is 0 Å². The van der Waals surface area contributed by atoms with Crippen molar-refractivity contribution in [3.63, 3.8) is 0 Å². The molecule has 1 rings (SSSR count). The number of nitrogens with zero attached hydrogens (tertiary/aromatic N) is 1. The fourth-order valence-corrected chi connectivity index (χ4v) is 2.58. The van der Waals surface area contributed by atoms with Gasteiger partial charge in [0, 0.05) is 6.04 Å². The van der Waals surface area contributed by atoms with Crippen LogP contribution in [0.2, 0.25) is 0 Å². The molecule has 1 fully saturated rings. The average Bonchev–Trinajstić information content (AvgIpc) is 2.31. The molecule has 0 bridgehead atoms. The summed E-state index contributed by atoms with van der Waals surface area (Å²) in [6.07, 6.45) is 7.37. The second kappa shape index (κ2) is 6.39. The van der Waals surface area contributed by atoms with Gasteiger partial charge >= 0.3 is 5.97 Å². The van der Waals surface area contributed by atoms with E-state index in [0.29, 0.717) is 6.04 Å². The highest BCUT2D eigenvalue weighted by molar-refractivity contribution is 5.73. The van der Waals surface area contributed by atoms with Gasteiger partial charge in [0.2, 0.25) is 0 Å². The Bertz CT molecular complexity index is 245. The Morgan fingerprint density at radius 1 is 1.29 bits per heavy atom. The summed E-state index contributed by atoms with van der Waals surface area (Å²) in [4.78, 5) is 13.6. The van der Waals surface area contributed by atoms with Crippen molar-refractivity contribution in [2.75, 3.05) is 13.1 Å². The highest BCUT2D eigenvalue weighted by atomic mass is 16.4. The largest absolute Gasteiger partial charge is 0.481 e. The van der Waals surface area contributed by atoms with Gasteiger partial charge in [-0.3, -0.25) is 4.79 Å². The van der Waals surface area contributed by atoms with Crippen LogP contribution in [-0.4, -0.2) is 35.1 Å². The molecule has 0 amide bonds. The molecule has 0 aromatic carbocycles. The van der Waals surface area contributed by atoms with Crippen molar-refractivity contribution in [1.82, 2.24) is 4.90 Å². The first-order valence-corrected chi connectivity index (χ1v) is 6.95. The zero-order valence-electron chi connectivity index (χ0n) is 11.5. The van der Waals surface area contributed by atoms with Crippen LogP contribution in [0.25, 0.3) is 0 Å². The third-order valence-corrected chi connectivity index (χ3v) is 4.10. The number of carbonyl (C=O) groups is 1. The first-order chi connectivity index (χ1) is 7.97. The molecular weight excluding hydrogens is 214 g/mol. The molecule has 0 radical (unpaired) electrons. The molecule has 0 aromatic rings. The lowest BCUT2D eigenvalue weighted by Gasteiger charge is -2.35. The van der Waals surface area contributed by atoms with Crippen LogP contribution < -0.4 is 0 Å². The average molecular weight is 241 g/mol. The van der Waals surface area contributed by atoms with Crippen LogP contribution >= 0.6 is 0 Å². The Morgan fingerprint density at radius 2 is 1.88 bits per heavy atom. The number of hydrogen-bond donors (Lipinski definition) is 1. The van der Waals surface area contributed by atoms with Gasteiger partial charge in [-0.15, -0.1) is 0 Å². The van der Waals surface area contributed by atoms with Crippen molar-refractivity contribution in [3.05, 3.63) is 0 Å². The molecule has 1 aliphatic rings. The summed E-state index contributed by atoms with van der Waals surface area (Å²) in [5, 5.41) is 9.12. The fraction of sp³-hybridized carbons (Fsp3) is 0.929. The maximum atomic E-state index is 11.1. The van der Waals surface area contributed by atoms with Crippen LogP contribution in [0.5, 0.6) is 0 Å². The summed E-state index contributed by atoms with van der Waals surface area (Å²) in [6, 6.07) is 0.693. The molecule has 1 saturated carbocycles. The summed E-state index contributed by atoms with van der Waals surface area (Å²) in [5.41, 5.74) is -0.595. The molecule has 1 N–H and O–H groups in total. The minimum absolute atomic E-state index is 0.595. The van der Waals surface area contributed by atoms with Crippen molar-refractivity contribution >= 4 is 5.97 Å². The highest BCUT2D eigenvalue weighted by Crippen LogP contribution is 2.25. The monoisotopic (exact) mass is 241 g/mol. The summed E-state index contributed by atoms with van der Waals surface area (Å²) in [6.45, 7) is 7.79. The maximum absolute atomic E-state index is 11.1. The first-order valence-electron chi connectivity index (χ1n) is 6.95. The summed E-state index contributed by atoms with van der Waals surface area (Å²) < 4.78 is 0. The van der Waals surface area contributed by atoms with E-state index in [1.165, 1.54) is 32.1 Å². The van der Waals surface area contributed by atoms with E-state index in [0.717, 1.165) is 19.5 Å². The third-order valence-electron chi connectivity index (χ3n) is 4.10. The van der Waals surface area contributed by atoms with Gasteiger partial charge in [-0.2, -0.15) is 0 Å². The highest BCUT2D eigenvalue weighted by Gasteiger charge is 2.29. The summed E-state index contributed by atoms with van der Waals surface area (Å²) in [5.74, 6) is -0.683. The van der Waals surface area contributed by atoms with Gasteiger partial charge in [0.05, 0.1) is 5.41 Å². The Hall–Kier alpha value is -0.570. The van der Waals surface area contributed by atoms with E-state index in [-0.39, 0.29) is 0 Å². The van der Waals surface area contributed by atoms with Gasteiger partial charge in [0.1, 0.15) is 0 Å². The Balaban J connectivity index is 2.43. The molecule has 3 nitrogen and oxygen atoms in total. The molecule has 0 aliphatic heterocycles. The zero-order chi connectivity index (χ0) is 12.9. The van der Waals surface area contributed by atoms with Crippen molar-refractivity contribution in [2.45, 2.75) is 65.3 Å². The number of hydrogen-bond acceptors (Lipinski definition) is 2. The molecule has 1 aliphatic carbocycles. The van der Waals surface area contributed by atoms with E-state index in [4.69, 9.17) is 5.11 Å². The number of aliphatic carboxylic acids is 1. The van der Waals surface area contributed by atoms with Crippen molar-refractivity contribution in [2.24, 2.45) is 5.41 Å². The van der Waals surface area contributed by atoms with Crippen LogP contribution in [0.15, 0.2) is 0 Å². The minimum Gasteiger partial charge on any atom is -0.481 e. The fourth-order valence-electron chi connectivity index (χ4n) is 2.58. The molecule has 0 atom stereocenters. The van der Waals surface area contributed by atoms with Gasteiger partial charge in [-0.05, 0) is 46.2 Å². The van der Waals surface area contributed by atoms with Crippen LogP contribution in [0, 0.1) is 5.41 Å². The predicted octanol–water partition coefficient (Wildman–Crippen LogP) is 3.14. The lowest BCUT2D eigenvalue weighted by molar-refractivity contribution is -0.147. The molecule has 100 valence electrons. The van der Waals surface area contributed by atoms with E-state index >= 15 is 0 Å². The predicted molar refractivity (Wildman–Crippen MR) is 70.2 cm³/mol. The quantitative estimate of drug-likeness (QED) is 0.776. The van der Waals surface area contributed by atoms with E-state index in [1.807, 2.05) is 13.8 Å². The summed E-state index contributed by atoms with van der Waals surface area (Å²) >= 11 is 0. The molecule has 0 aromatic heterocycles. The standard InChI is InChI=1S/C14H27NO2/c1-4-15(12-8-6-5-7-9-12)11-10-14(2,3)13(16)17/h12H,4-11H2,1-3H3,(H,16,17). The van der Waals surface area contributed by atoms with E-state index in [9.17, 15) is 4.79 Å². The molecule has 17 heavy (non-hydrogen) atoms. The Labute approximate surface area is 105 Å². The van der Waals surface area contributed by atoms with E-state index < -0.39 is 11.4 Å². The third kappa shape index (κ3) is 4.30. The van der Waals surface area contributed by atoms with Gasteiger partial charge in [0.25, 0.3) is 0 Å².